The molecule has 0 saturated heterocycles. The van der Waals surface area contributed by atoms with E-state index in [1.807, 2.05) is 51.1 Å². The van der Waals surface area contributed by atoms with E-state index in [2.05, 4.69) is 23.5 Å². The summed E-state index contributed by atoms with van der Waals surface area (Å²) in [7, 11) is 3.90. The van der Waals surface area contributed by atoms with Crippen molar-refractivity contribution in [3.8, 4) is 0 Å². The first-order valence-corrected chi connectivity index (χ1v) is 17.5. The number of carbonyl (C=O) groups excluding carboxylic acids is 3. The topological polar surface area (TPSA) is 174 Å². The van der Waals surface area contributed by atoms with Gasteiger partial charge in [0, 0.05) is 63.7 Å². The van der Waals surface area contributed by atoms with E-state index in [4.69, 9.17) is 24.2 Å². The van der Waals surface area contributed by atoms with Crippen LogP contribution in [0.1, 0.15) is 90.0 Å². The maximum Gasteiger partial charge on any atom is 0.334 e. The lowest BCUT2D eigenvalue weighted by Gasteiger charge is -2.36. The second kappa shape index (κ2) is 14.3. The predicted octanol–water partition coefficient (Wildman–Crippen LogP) is 6.68. The van der Waals surface area contributed by atoms with Gasteiger partial charge in [-0.2, -0.15) is 0 Å². The summed E-state index contributed by atoms with van der Waals surface area (Å²) in [5.74, 6) is -3.89. The number of aromatic nitrogens is 4. The van der Waals surface area contributed by atoms with Gasteiger partial charge in [-0.1, -0.05) is 31.7 Å². The van der Waals surface area contributed by atoms with Crippen LogP contribution in [0, 0.1) is 19.8 Å². The number of allylic oxidation sites excluding steroid dienone is 3. The van der Waals surface area contributed by atoms with Crippen molar-refractivity contribution in [2.24, 2.45) is 5.92 Å². The number of aliphatic carboxylic acids is 1. The number of H-pyrrole nitrogens is 2. The number of hydrogen-bond acceptors (Lipinski definition) is 9. The molecule has 0 saturated carbocycles. The summed E-state index contributed by atoms with van der Waals surface area (Å²) in [5, 5.41) is 9.63. The highest BCUT2D eigenvalue weighted by molar-refractivity contribution is 6.01. The van der Waals surface area contributed by atoms with Gasteiger partial charge in [-0.15, -0.1) is 0 Å². The smallest absolute Gasteiger partial charge is 0.334 e. The number of nitrogens with zero attached hydrogens (tertiary/aromatic N) is 2. The summed E-state index contributed by atoms with van der Waals surface area (Å²) in [6.07, 6.45) is 6.02. The van der Waals surface area contributed by atoms with Gasteiger partial charge in [0.05, 0.1) is 43.7 Å². The van der Waals surface area contributed by atoms with Crippen molar-refractivity contribution in [3.63, 3.8) is 0 Å². The Hall–Kier alpha value is -5.78. The Morgan fingerprint density at radius 3 is 2.25 bits per heavy atom. The molecule has 0 amide bonds. The van der Waals surface area contributed by atoms with Gasteiger partial charge >= 0.3 is 23.9 Å². The molecule has 2 unspecified atom stereocenters. The Bertz CT molecular complexity index is 2290. The van der Waals surface area contributed by atoms with E-state index in [0.717, 1.165) is 44.7 Å². The van der Waals surface area contributed by atoms with E-state index in [1.54, 1.807) is 12.2 Å². The van der Waals surface area contributed by atoms with E-state index in [-0.39, 0.29) is 36.2 Å². The number of carboxylic acids is 1. The zero-order valence-corrected chi connectivity index (χ0v) is 31.0. The van der Waals surface area contributed by atoms with Crippen molar-refractivity contribution >= 4 is 57.6 Å². The summed E-state index contributed by atoms with van der Waals surface area (Å²) >= 11 is 0. The van der Waals surface area contributed by atoms with Crippen molar-refractivity contribution in [2.45, 2.75) is 70.6 Å². The monoisotopic (exact) mass is 720 g/mol. The number of carbonyl (C=O) groups is 4. The Morgan fingerprint density at radius 1 is 0.887 bits per heavy atom. The minimum absolute atomic E-state index is 0.0258. The molecule has 12 nitrogen and oxygen atoms in total. The number of fused-ring (bicyclic) bond motifs is 11. The fourth-order valence-electron chi connectivity index (χ4n) is 8.05. The molecule has 1 aliphatic carbocycles. The third kappa shape index (κ3) is 6.36. The Kier molecular flexibility index (Phi) is 10.0. The van der Waals surface area contributed by atoms with Crippen LogP contribution in [0.25, 0.3) is 33.7 Å². The Balaban J connectivity index is 1.76. The molecule has 0 spiro atoms. The number of hydrogen-bond donors (Lipinski definition) is 3. The van der Waals surface area contributed by atoms with Gasteiger partial charge in [-0.3, -0.25) is 24.4 Å². The molecule has 8 bridgehead atoms. The van der Waals surface area contributed by atoms with Crippen molar-refractivity contribution in [2.75, 3.05) is 21.3 Å². The third-order valence-corrected chi connectivity index (χ3v) is 11.1. The minimum Gasteiger partial charge on any atom is -0.481 e. The number of aromatic amines is 2. The van der Waals surface area contributed by atoms with E-state index < -0.39 is 29.2 Å². The quantitative estimate of drug-likeness (QED) is 0.160. The number of nitrogens with one attached hydrogen (secondary N) is 2. The molecule has 3 aromatic heterocycles. The molecular formula is C41H44N4O8. The summed E-state index contributed by atoms with van der Waals surface area (Å²) in [6, 6.07) is 7.73. The molecule has 276 valence electrons. The van der Waals surface area contributed by atoms with Crippen LogP contribution in [0.5, 0.6) is 0 Å². The van der Waals surface area contributed by atoms with Crippen LogP contribution < -0.4 is 0 Å². The first kappa shape index (κ1) is 37.0. The predicted molar refractivity (Wildman–Crippen MR) is 200 cm³/mol. The van der Waals surface area contributed by atoms with Crippen LogP contribution in [0.4, 0.5) is 0 Å². The van der Waals surface area contributed by atoms with Crippen molar-refractivity contribution < 1.29 is 38.5 Å². The lowest BCUT2D eigenvalue weighted by atomic mass is 9.64. The molecule has 3 aromatic rings. The average molecular weight is 721 g/mol. The highest BCUT2D eigenvalue weighted by atomic mass is 16.5. The SMILES string of the molecule is C=Cc1c(C)c2cc3nc(cc4[nH]c(cc5nc(cc1[nH]2)C(C)C5CCC(=O)O)c(CCC(=O)OC)c4C)[C@@]1(C)C3=CC=C(C(=O)OC)[C@H]1C(=O)OC. The molecule has 3 N–H and O–H groups in total. The molecule has 0 fully saturated rings. The fourth-order valence-corrected chi connectivity index (χ4v) is 8.05. The van der Waals surface area contributed by atoms with Crippen molar-refractivity contribution in [3.05, 3.63) is 93.6 Å². The van der Waals surface area contributed by atoms with E-state index in [1.165, 1.54) is 21.3 Å². The molecule has 0 aromatic carbocycles. The van der Waals surface area contributed by atoms with Crippen LogP contribution >= 0.6 is 0 Å². The number of rotatable bonds is 9. The van der Waals surface area contributed by atoms with Crippen LogP contribution in [-0.4, -0.2) is 70.2 Å². The molecule has 53 heavy (non-hydrogen) atoms. The maximum atomic E-state index is 13.7. The first-order valence-electron chi connectivity index (χ1n) is 17.5. The normalized spacial score (nSPS) is 20.5. The van der Waals surface area contributed by atoms with E-state index >= 15 is 0 Å². The number of esters is 3. The molecule has 3 aliphatic rings. The van der Waals surface area contributed by atoms with Crippen molar-refractivity contribution in [1.82, 2.24) is 19.9 Å². The number of carboxylic acid groups (broad SMARTS) is 1. The van der Waals surface area contributed by atoms with Crippen LogP contribution in [0.3, 0.4) is 0 Å². The molecule has 6 rings (SSSR count). The van der Waals surface area contributed by atoms with Gasteiger partial charge in [0.1, 0.15) is 5.92 Å². The average Bonchev–Trinajstić information content (AvgIpc) is 3.79. The van der Waals surface area contributed by atoms with Gasteiger partial charge in [0.15, 0.2) is 0 Å². The van der Waals surface area contributed by atoms with Gasteiger partial charge in [0.25, 0.3) is 0 Å². The van der Waals surface area contributed by atoms with E-state index in [0.29, 0.717) is 40.8 Å². The molecule has 5 heterocycles. The van der Waals surface area contributed by atoms with E-state index in [9.17, 15) is 24.3 Å². The highest BCUT2D eigenvalue weighted by Crippen LogP contribution is 2.52. The van der Waals surface area contributed by atoms with Crippen molar-refractivity contribution in [1.29, 1.82) is 0 Å². The zero-order chi connectivity index (χ0) is 38.4. The van der Waals surface area contributed by atoms with Crippen LogP contribution in [0.15, 0.2) is 48.6 Å². The third-order valence-electron chi connectivity index (χ3n) is 11.1. The first-order chi connectivity index (χ1) is 25.3. The molecule has 0 radical (unpaired) electrons. The number of ether oxygens (including phenoxy) is 3. The molecular weight excluding hydrogens is 676 g/mol. The summed E-state index contributed by atoms with van der Waals surface area (Å²) in [6.45, 7) is 11.9. The maximum absolute atomic E-state index is 13.7. The van der Waals surface area contributed by atoms with Gasteiger partial charge in [-0.05, 0) is 80.1 Å². The number of aryl methyl sites for hydroxylation is 3. The second-order valence-electron chi connectivity index (χ2n) is 13.9. The largest absolute Gasteiger partial charge is 0.481 e. The van der Waals surface area contributed by atoms with Crippen LogP contribution in [-0.2, 0) is 45.2 Å². The number of methoxy groups -OCH3 is 3. The summed E-state index contributed by atoms with van der Waals surface area (Å²) in [4.78, 5) is 68.3. The molecule has 4 atom stereocenters. The zero-order valence-electron chi connectivity index (χ0n) is 31.0. The lowest BCUT2D eigenvalue weighted by molar-refractivity contribution is -0.149. The van der Waals surface area contributed by atoms with Gasteiger partial charge in [-0.25, -0.2) is 4.79 Å². The highest BCUT2D eigenvalue weighted by Gasteiger charge is 2.53. The Labute approximate surface area is 307 Å². The molecule has 12 heteroatoms. The lowest BCUT2D eigenvalue weighted by Crippen LogP contribution is -2.42. The molecule has 2 aliphatic heterocycles. The fraction of sp³-hybridized carbons (Fsp3) is 0.366. The van der Waals surface area contributed by atoms with Gasteiger partial charge < -0.3 is 29.3 Å². The summed E-state index contributed by atoms with van der Waals surface area (Å²) < 4.78 is 15.4. The minimum atomic E-state index is -1.16. The van der Waals surface area contributed by atoms with Gasteiger partial charge in [0.2, 0.25) is 0 Å². The standard InChI is InChI=1S/C41H44N4O8/c1-9-23-20(2)29-17-34-27-13-10-26(39(49)52-7)38(40(50)53-8)41(27,5)35(45-34)19-30-22(4)25(12-15-37(48)51-6)33(44-30)18-32-24(11-14-36(46)47)21(3)28(43-32)16-31(23)42-29/h9-10,13,16-19,21,24,38,42,44H,1,11-12,14-15H2,2-8H3,(H,46,47)/t21?,24?,38-,41+/m0/s1. The second-order valence-corrected chi connectivity index (χ2v) is 13.9. The van der Waals surface area contributed by atoms with Crippen LogP contribution in [0.2, 0.25) is 0 Å². The summed E-state index contributed by atoms with van der Waals surface area (Å²) in [5.41, 5.74) is 8.74. The Morgan fingerprint density at radius 2 is 1.58 bits per heavy atom.